The summed E-state index contributed by atoms with van der Waals surface area (Å²) >= 11 is 0. The lowest BCUT2D eigenvalue weighted by atomic mass is 9.98. The van der Waals surface area contributed by atoms with E-state index in [1.165, 1.54) is 6.07 Å². The van der Waals surface area contributed by atoms with E-state index in [1.807, 2.05) is 18.7 Å². The van der Waals surface area contributed by atoms with Gasteiger partial charge in [0.1, 0.15) is 11.9 Å². The minimum absolute atomic E-state index is 0. The van der Waals surface area contributed by atoms with Gasteiger partial charge in [-0.1, -0.05) is 17.3 Å². The van der Waals surface area contributed by atoms with Crippen molar-refractivity contribution in [3.8, 4) is 5.75 Å². The Morgan fingerprint density at radius 3 is 2.44 bits per heavy atom. The van der Waals surface area contributed by atoms with Crippen molar-refractivity contribution in [3.63, 3.8) is 0 Å². The number of rotatable bonds is 6. The zero-order valence-corrected chi connectivity index (χ0v) is 19.7. The average molecular weight is 466 g/mol. The van der Waals surface area contributed by atoms with Gasteiger partial charge in [-0.25, -0.2) is 4.39 Å². The Balaban J connectivity index is 0.00000289. The number of carbonyl (C=O) groups excluding carboxylic acids is 1. The molecular formula is C24H33ClFN3O3. The van der Waals surface area contributed by atoms with Crippen LogP contribution in [0.15, 0.2) is 28.8 Å². The monoisotopic (exact) mass is 465 g/mol. The fourth-order valence-corrected chi connectivity index (χ4v) is 4.81. The van der Waals surface area contributed by atoms with E-state index in [-0.39, 0.29) is 30.2 Å². The van der Waals surface area contributed by atoms with Crippen molar-refractivity contribution in [1.82, 2.24) is 15.0 Å². The van der Waals surface area contributed by atoms with Gasteiger partial charge in [-0.15, -0.1) is 12.4 Å². The highest BCUT2D eigenvalue weighted by atomic mass is 35.5. The number of ether oxygens (including phenoxy) is 1. The number of benzene rings is 1. The molecule has 2 aliphatic heterocycles. The van der Waals surface area contributed by atoms with Crippen LogP contribution in [0.1, 0.15) is 49.1 Å². The lowest BCUT2D eigenvalue weighted by molar-refractivity contribution is -0.132. The first-order valence-corrected chi connectivity index (χ1v) is 11.4. The number of aryl methyl sites for hydroxylation is 2. The Labute approximate surface area is 195 Å². The summed E-state index contributed by atoms with van der Waals surface area (Å²) in [5.41, 5.74) is 1.94. The Kier molecular flexibility index (Phi) is 8.54. The molecule has 0 bridgehead atoms. The van der Waals surface area contributed by atoms with Crippen LogP contribution >= 0.6 is 12.4 Å². The molecule has 8 heteroatoms. The van der Waals surface area contributed by atoms with Gasteiger partial charge < -0.3 is 14.2 Å². The summed E-state index contributed by atoms with van der Waals surface area (Å²) in [7, 11) is 0. The molecule has 1 aromatic heterocycles. The van der Waals surface area contributed by atoms with E-state index in [1.54, 1.807) is 18.2 Å². The number of aromatic nitrogens is 1. The molecule has 1 amide bonds. The molecule has 2 fully saturated rings. The van der Waals surface area contributed by atoms with Gasteiger partial charge in [-0.05, 0) is 58.1 Å². The quantitative estimate of drug-likeness (QED) is 0.635. The van der Waals surface area contributed by atoms with Crippen LogP contribution in [0.4, 0.5) is 4.39 Å². The standard InChI is InChI=1S/C24H32FN3O3.ClH/c1-17-21(18(2)31-26-17)7-8-24(29)28-13-9-19(10-14-28)27-15-11-20(12-16-27)30-23-6-4-3-5-22(23)25;/h3-6,19-20H,7-16H2,1-2H3;1H. The van der Waals surface area contributed by atoms with E-state index in [2.05, 4.69) is 10.1 Å². The van der Waals surface area contributed by atoms with E-state index in [4.69, 9.17) is 9.26 Å². The molecule has 2 aliphatic rings. The zero-order valence-electron chi connectivity index (χ0n) is 18.9. The molecule has 6 nitrogen and oxygen atoms in total. The van der Waals surface area contributed by atoms with Crippen LogP contribution in [0.3, 0.4) is 0 Å². The molecule has 0 radical (unpaired) electrons. The largest absolute Gasteiger partial charge is 0.487 e. The molecule has 0 N–H and O–H groups in total. The lowest BCUT2D eigenvalue weighted by Gasteiger charge is -2.41. The second-order valence-electron chi connectivity index (χ2n) is 8.70. The second kappa shape index (κ2) is 11.1. The fraction of sp³-hybridized carbons (Fsp3) is 0.583. The smallest absolute Gasteiger partial charge is 0.222 e. The van der Waals surface area contributed by atoms with Crippen molar-refractivity contribution in [2.24, 2.45) is 0 Å². The topological polar surface area (TPSA) is 58.8 Å². The van der Waals surface area contributed by atoms with E-state index in [9.17, 15) is 9.18 Å². The Morgan fingerprint density at radius 1 is 1.12 bits per heavy atom. The first kappa shape index (κ1) is 24.5. The number of hydrogen-bond donors (Lipinski definition) is 0. The van der Waals surface area contributed by atoms with Crippen LogP contribution in [0.5, 0.6) is 5.75 Å². The maximum atomic E-state index is 13.8. The van der Waals surface area contributed by atoms with Gasteiger partial charge in [0.2, 0.25) is 5.91 Å². The van der Waals surface area contributed by atoms with E-state index in [0.29, 0.717) is 24.6 Å². The molecule has 1 aromatic carbocycles. The maximum Gasteiger partial charge on any atom is 0.222 e. The predicted molar refractivity (Wildman–Crippen MR) is 123 cm³/mol. The normalized spacial score (nSPS) is 18.4. The van der Waals surface area contributed by atoms with Crippen molar-refractivity contribution in [2.75, 3.05) is 26.2 Å². The summed E-state index contributed by atoms with van der Waals surface area (Å²) in [6.07, 6.45) is 5.10. The van der Waals surface area contributed by atoms with Gasteiger partial charge in [0.15, 0.2) is 11.6 Å². The van der Waals surface area contributed by atoms with Gasteiger partial charge in [-0.2, -0.15) is 0 Å². The molecule has 3 heterocycles. The van der Waals surface area contributed by atoms with Crippen LogP contribution < -0.4 is 4.74 Å². The van der Waals surface area contributed by atoms with E-state index < -0.39 is 0 Å². The van der Waals surface area contributed by atoms with E-state index in [0.717, 1.165) is 68.9 Å². The summed E-state index contributed by atoms with van der Waals surface area (Å²) in [6, 6.07) is 7.13. The minimum Gasteiger partial charge on any atom is -0.487 e. The molecule has 32 heavy (non-hydrogen) atoms. The highest BCUT2D eigenvalue weighted by Crippen LogP contribution is 2.25. The fourth-order valence-electron chi connectivity index (χ4n) is 4.81. The molecule has 0 aliphatic carbocycles. The number of amides is 1. The zero-order chi connectivity index (χ0) is 21.8. The molecule has 0 saturated carbocycles. The number of piperidine rings is 2. The molecule has 2 saturated heterocycles. The third-order valence-electron chi connectivity index (χ3n) is 6.71. The number of halogens is 2. The lowest BCUT2D eigenvalue weighted by Crippen LogP contribution is -2.50. The summed E-state index contributed by atoms with van der Waals surface area (Å²) in [4.78, 5) is 17.2. The number of nitrogens with zero attached hydrogens (tertiary/aromatic N) is 3. The summed E-state index contributed by atoms with van der Waals surface area (Å²) in [5, 5.41) is 3.97. The third kappa shape index (κ3) is 5.81. The van der Waals surface area contributed by atoms with Crippen molar-refractivity contribution >= 4 is 18.3 Å². The van der Waals surface area contributed by atoms with Crippen LogP contribution in [-0.2, 0) is 11.2 Å². The molecule has 0 atom stereocenters. The number of carbonyl (C=O) groups is 1. The molecule has 4 rings (SSSR count). The van der Waals surface area contributed by atoms with Crippen LogP contribution in [0, 0.1) is 19.7 Å². The van der Waals surface area contributed by atoms with Crippen LogP contribution in [-0.4, -0.2) is 59.2 Å². The molecule has 176 valence electrons. The highest BCUT2D eigenvalue weighted by Gasteiger charge is 2.30. The Hall–Kier alpha value is -2.12. The van der Waals surface area contributed by atoms with Crippen LogP contribution in [0.2, 0.25) is 0 Å². The van der Waals surface area contributed by atoms with Crippen molar-refractivity contribution in [3.05, 3.63) is 47.1 Å². The summed E-state index contributed by atoms with van der Waals surface area (Å²) in [6.45, 7) is 7.38. The maximum absolute atomic E-state index is 13.8. The van der Waals surface area contributed by atoms with Gasteiger partial charge in [0, 0.05) is 44.2 Å². The van der Waals surface area contributed by atoms with Crippen molar-refractivity contribution in [1.29, 1.82) is 0 Å². The minimum atomic E-state index is -0.295. The third-order valence-corrected chi connectivity index (χ3v) is 6.71. The second-order valence-corrected chi connectivity index (χ2v) is 8.70. The summed E-state index contributed by atoms with van der Waals surface area (Å²) < 4.78 is 24.9. The predicted octanol–water partition coefficient (Wildman–Crippen LogP) is 4.32. The first-order chi connectivity index (χ1) is 15.0. The van der Waals surface area contributed by atoms with Crippen LogP contribution in [0.25, 0.3) is 0 Å². The van der Waals surface area contributed by atoms with Gasteiger partial charge in [0.05, 0.1) is 5.69 Å². The number of para-hydroxylation sites is 1. The molecule has 0 unspecified atom stereocenters. The number of likely N-dealkylation sites (tertiary alicyclic amines) is 2. The Morgan fingerprint density at radius 2 is 1.81 bits per heavy atom. The molecular weight excluding hydrogens is 433 g/mol. The summed E-state index contributed by atoms with van der Waals surface area (Å²) in [5.74, 6) is 1.09. The van der Waals surface area contributed by atoms with E-state index >= 15 is 0 Å². The van der Waals surface area contributed by atoms with Gasteiger partial charge in [-0.3, -0.25) is 9.69 Å². The van der Waals surface area contributed by atoms with Gasteiger partial charge in [0.25, 0.3) is 0 Å². The average Bonchev–Trinajstić information content (AvgIpc) is 3.11. The van der Waals surface area contributed by atoms with Crippen molar-refractivity contribution in [2.45, 2.75) is 64.5 Å². The van der Waals surface area contributed by atoms with Gasteiger partial charge >= 0.3 is 0 Å². The number of hydrogen-bond acceptors (Lipinski definition) is 5. The van der Waals surface area contributed by atoms with Crippen molar-refractivity contribution < 1.29 is 18.4 Å². The Bertz CT molecular complexity index is 871. The molecule has 2 aromatic rings. The molecule has 0 spiro atoms. The SMILES string of the molecule is Cc1noc(C)c1CCC(=O)N1CCC(N2CCC(Oc3ccccc3F)CC2)CC1.Cl. The first-order valence-electron chi connectivity index (χ1n) is 11.4. The highest BCUT2D eigenvalue weighted by molar-refractivity contribution is 5.85.